The molecular weight excluding hydrogens is 452 g/mol. The third kappa shape index (κ3) is 5.35. The zero-order valence-electron chi connectivity index (χ0n) is 16.5. The molecule has 9 nitrogen and oxygen atoms in total. The van der Waals surface area contributed by atoms with Crippen molar-refractivity contribution in [2.24, 2.45) is 15.9 Å². The number of aromatic nitrogens is 2. The fraction of sp³-hybridized carbons (Fsp3) is 0.200. The molecule has 0 aliphatic rings. The largest absolute Gasteiger partial charge is 0.490 e. The Bertz CT molecular complexity index is 1060. The molecule has 0 atom stereocenters. The molecule has 0 aliphatic carbocycles. The number of nitrogen functional groups attached to an aromatic ring is 1. The second kappa shape index (κ2) is 9.88. The SMILES string of the molecule is CCOc1cc(C=NN=C(N)c2nonc2N)cc(Br)c1OCc1ccc(C)cc1. The summed E-state index contributed by atoms with van der Waals surface area (Å²) in [5.74, 6) is 1.23. The summed E-state index contributed by atoms with van der Waals surface area (Å²) in [6.07, 6.45) is 1.52. The highest BCUT2D eigenvalue weighted by molar-refractivity contribution is 9.10. The highest BCUT2D eigenvalue weighted by atomic mass is 79.9. The first kappa shape index (κ1) is 21.3. The van der Waals surface area contributed by atoms with Gasteiger partial charge in [-0.05, 0) is 63.4 Å². The van der Waals surface area contributed by atoms with Crippen LogP contribution in [0.4, 0.5) is 5.82 Å². The zero-order valence-corrected chi connectivity index (χ0v) is 18.1. The monoisotopic (exact) mass is 472 g/mol. The number of hydrogen-bond acceptors (Lipinski definition) is 8. The van der Waals surface area contributed by atoms with Crippen LogP contribution in [0.5, 0.6) is 11.5 Å². The lowest BCUT2D eigenvalue weighted by molar-refractivity contribution is 0.267. The van der Waals surface area contributed by atoms with Crippen molar-refractivity contribution < 1.29 is 14.1 Å². The molecule has 0 amide bonds. The quantitative estimate of drug-likeness (QED) is 0.291. The first-order chi connectivity index (χ1) is 14.5. The normalized spacial score (nSPS) is 11.8. The number of rotatable bonds is 8. The molecule has 0 saturated heterocycles. The van der Waals surface area contributed by atoms with E-state index < -0.39 is 0 Å². The van der Waals surface area contributed by atoms with Gasteiger partial charge in [-0.3, -0.25) is 0 Å². The maximum atomic E-state index is 6.00. The van der Waals surface area contributed by atoms with Gasteiger partial charge in [0.2, 0.25) is 0 Å². The molecule has 0 unspecified atom stereocenters. The van der Waals surface area contributed by atoms with Crippen molar-refractivity contribution in [3.05, 3.63) is 63.3 Å². The van der Waals surface area contributed by atoms with Gasteiger partial charge >= 0.3 is 0 Å². The van der Waals surface area contributed by atoms with Crippen LogP contribution >= 0.6 is 15.9 Å². The van der Waals surface area contributed by atoms with Crippen LogP contribution < -0.4 is 20.9 Å². The van der Waals surface area contributed by atoms with Crippen LogP contribution in [0, 0.1) is 6.92 Å². The molecule has 0 spiro atoms. The smallest absolute Gasteiger partial charge is 0.199 e. The van der Waals surface area contributed by atoms with E-state index in [0.29, 0.717) is 24.7 Å². The molecular formula is C20H21BrN6O3. The zero-order chi connectivity index (χ0) is 21.5. The summed E-state index contributed by atoms with van der Waals surface area (Å²) in [6.45, 7) is 4.85. The molecule has 10 heteroatoms. The molecule has 0 bridgehead atoms. The Hall–Kier alpha value is -3.40. The van der Waals surface area contributed by atoms with Crippen molar-refractivity contribution in [1.29, 1.82) is 0 Å². The van der Waals surface area contributed by atoms with Crippen molar-refractivity contribution >= 4 is 33.8 Å². The number of amidine groups is 1. The molecule has 1 heterocycles. The standard InChI is InChI=1S/C20H21BrN6O3/c1-3-28-16-9-14(10-24-25-19(22)17-20(23)27-30-26-17)8-15(21)18(16)29-11-13-6-4-12(2)5-7-13/h4-10H,3,11H2,1-2H3,(H2,22,25)(H2,23,27). The first-order valence-electron chi connectivity index (χ1n) is 9.07. The fourth-order valence-corrected chi connectivity index (χ4v) is 3.06. The maximum absolute atomic E-state index is 6.00. The number of hydrogen-bond donors (Lipinski definition) is 2. The van der Waals surface area contributed by atoms with E-state index in [4.69, 9.17) is 20.9 Å². The average molecular weight is 473 g/mol. The Morgan fingerprint density at radius 3 is 2.63 bits per heavy atom. The van der Waals surface area contributed by atoms with Crippen molar-refractivity contribution in [3.63, 3.8) is 0 Å². The third-order valence-corrected chi connectivity index (χ3v) is 4.55. The van der Waals surface area contributed by atoms with Gasteiger partial charge in [0.05, 0.1) is 17.3 Å². The lowest BCUT2D eigenvalue weighted by atomic mass is 10.2. The lowest BCUT2D eigenvalue weighted by Crippen LogP contribution is -2.15. The van der Waals surface area contributed by atoms with Gasteiger partial charge in [0.1, 0.15) is 6.61 Å². The minimum atomic E-state index is -0.00727. The molecule has 0 fully saturated rings. The summed E-state index contributed by atoms with van der Waals surface area (Å²) in [5, 5.41) is 14.8. The summed E-state index contributed by atoms with van der Waals surface area (Å²) >= 11 is 3.54. The van der Waals surface area contributed by atoms with Gasteiger partial charge in [-0.15, -0.1) is 5.10 Å². The van der Waals surface area contributed by atoms with Crippen molar-refractivity contribution in [3.8, 4) is 11.5 Å². The van der Waals surface area contributed by atoms with Crippen LogP contribution in [0.2, 0.25) is 0 Å². The van der Waals surface area contributed by atoms with E-state index in [0.717, 1.165) is 15.6 Å². The van der Waals surface area contributed by atoms with Crippen LogP contribution in [0.1, 0.15) is 29.3 Å². The summed E-state index contributed by atoms with van der Waals surface area (Å²) in [5.41, 5.74) is 14.5. The number of aryl methyl sites for hydroxylation is 1. The van der Waals surface area contributed by atoms with E-state index in [-0.39, 0.29) is 17.3 Å². The van der Waals surface area contributed by atoms with E-state index in [1.807, 2.05) is 44.2 Å². The predicted molar refractivity (Wildman–Crippen MR) is 118 cm³/mol. The molecule has 30 heavy (non-hydrogen) atoms. The van der Waals surface area contributed by atoms with Gasteiger partial charge < -0.3 is 20.9 Å². The Morgan fingerprint density at radius 2 is 1.97 bits per heavy atom. The Balaban J connectivity index is 1.78. The Morgan fingerprint density at radius 1 is 1.20 bits per heavy atom. The second-order valence-electron chi connectivity index (χ2n) is 6.27. The van der Waals surface area contributed by atoms with Crippen molar-refractivity contribution in [2.75, 3.05) is 12.3 Å². The van der Waals surface area contributed by atoms with E-state index in [1.165, 1.54) is 11.8 Å². The van der Waals surface area contributed by atoms with Crippen LogP contribution in [-0.2, 0) is 6.61 Å². The molecule has 0 aliphatic heterocycles. The topological polar surface area (TPSA) is 134 Å². The minimum Gasteiger partial charge on any atom is -0.490 e. The Labute approximate surface area is 181 Å². The van der Waals surface area contributed by atoms with Crippen LogP contribution in [0.15, 0.2) is 55.7 Å². The van der Waals surface area contributed by atoms with Gasteiger partial charge in [0.15, 0.2) is 28.8 Å². The summed E-state index contributed by atoms with van der Waals surface area (Å²) < 4.78 is 17.0. The molecule has 3 aromatic rings. The molecule has 2 aromatic carbocycles. The Kier molecular flexibility index (Phi) is 7.02. The summed E-state index contributed by atoms with van der Waals surface area (Å²) in [7, 11) is 0. The van der Waals surface area contributed by atoms with Crippen molar-refractivity contribution in [1.82, 2.24) is 10.3 Å². The molecule has 0 radical (unpaired) electrons. The maximum Gasteiger partial charge on any atom is 0.199 e. The fourth-order valence-electron chi connectivity index (χ4n) is 2.48. The lowest BCUT2D eigenvalue weighted by Gasteiger charge is -2.14. The molecule has 0 saturated carbocycles. The summed E-state index contributed by atoms with van der Waals surface area (Å²) in [4.78, 5) is 0. The van der Waals surface area contributed by atoms with Gasteiger partial charge in [0.25, 0.3) is 0 Å². The van der Waals surface area contributed by atoms with Gasteiger partial charge in [-0.25, -0.2) is 4.63 Å². The van der Waals surface area contributed by atoms with E-state index in [9.17, 15) is 0 Å². The van der Waals surface area contributed by atoms with E-state index in [1.54, 1.807) is 6.07 Å². The number of nitrogens with zero attached hydrogens (tertiary/aromatic N) is 4. The number of nitrogens with two attached hydrogens (primary N) is 2. The highest BCUT2D eigenvalue weighted by Gasteiger charge is 2.13. The van der Waals surface area contributed by atoms with Gasteiger partial charge in [0, 0.05) is 0 Å². The molecule has 156 valence electrons. The first-order valence-corrected chi connectivity index (χ1v) is 9.86. The molecule has 3 rings (SSSR count). The summed E-state index contributed by atoms with van der Waals surface area (Å²) in [6, 6.07) is 11.8. The van der Waals surface area contributed by atoms with Gasteiger partial charge in [-0.1, -0.05) is 29.8 Å². The average Bonchev–Trinajstić information content (AvgIpc) is 3.15. The minimum absolute atomic E-state index is 0.00727. The highest BCUT2D eigenvalue weighted by Crippen LogP contribution is 2.37. The number of halogens is 1. The van der Waals surface area contributed by atoms with E-state index >= 15 is 0 Å². The van der Waals surface area contributed by atoms with Crippen LogP contribution in [0.25, 0.3) is 0 Å². The van der Waals surface area contributed by atoms with Gasteiger partial charge in [-0.2, -0.15) is 5.10 Å². The molecule has 1 aromatic heterocycles. The number of benzene rings is 2. The predicted octanol–water partition coefficient (Wildman–Crippen LogP) is 3.44. The number of ether oxygens (including phenoxy) is 2. The van der Waals surface area contributed by atoms with Crippen LogP contribution in [0.3, 0.4) is 0 Å². The third-order valence-electron chi connectivity index (χ3n) is 3.96. The second-order valence-corrected chi connectivity index (χ2v) is 7.12. The molecule has 4 N–H and O–H groups in total. The number of anilines is 1. The van der Waals surface area contributed by atoms with Crippen LogP contribution in [-0.4, -0.2) is 29.0 Å². The van der Waals surface area contributed by atoms with Crippen molar-refractivity contribution in [2.45, 2.75) is 20.5 Å². The van der Waals surface area contributed by atoms with E-state index in [2.05, 4.69) is 41.1 Å².